The number of piperazine rings is 1. The minimum atomic E-state index is -4.74. The Morgan fingerprint density at radius 3 is 2.28 bits per heavy atom. The monoisotopic (exact) mass is 466 g/mol. The molecule has 10 heteroatoms. The lowest BCUT2D eigenvalue weighted by atomic mass is 10.1. The Balaban J connectivity index is 1.51. The van der Waals surface area contributed by atoms with Crippen molar-refractivity contribution in [3.05, 3.63) is 53.6 Å². The standard InChI is InChI=1S/C22H22ClF3N4O2/c23-15-5-1-3-7-17(15)29-11-9-28(10-12-29)14-21(32)30-18-8-4-2-6-16(18)27-20(31)13-19(30)22(24,25)26/h1-8,19H,9-14H2,(H,27,31). The number of benzene rings is 2. The fraction of sp³-hybridized carbons (Fsp3) is 0.364. The lowest BCUT2D eigenvalue weighted by Crippen LogP contribution is -2.55. The van der Waals surface area contributed by atoms with Crippen molar-refractivity contribution in [1.29, 1.82) is 0 Å². The largest absolute Gasteiger partial charge is 0.409 e. The van der Waals surface area contributed by atoms with Gasteiger partial charge in [-0.2, -0.15) is 13.2 Å². The van der Waals surface area contributed by atoms with Crippen LogP contribution in [0.4, 0.5) is 30.2 Å². The van der Waals surface area contributed by atoms with E-state index in [9.17, 15) is 22.8 Å². The normalized spacial score (nSPS) is 19.9. The number of hydrogen-bond donors (Lipinski definition) is 1. The Bertz CT molecular complexity index is 1010. The molecule has 0 saturated carbocycles. The number of nitrogens with one attached hydrogen (secondary N) is 1. The van der Waals surface area contributed by atoms with Gasteiger partial charge in [0.25, 0.3) is 0 Å². The summed E-state index contributed by atoms with van der Waals surface area (Å²) >= 11 is 6.26. The highest BCUT2D eigenvalue weighted by Gasteiger charge is 2.49. The number of halogens is 4. The zero-order valence-electron chi connectivity index (χ0n) is 17.1. The van der Waals surface area contributed by atoms with E-state index in [1.54, 1.807) is 18.2 Å². The smallest absolute Gasteiger partial charge is 0.368 e. The van der Waals surface area contributed by atoms with Crippen molar-refractivity contribution in [2.75, 3.05) is 47.8 Å². The van der Waals surface area contributed by atoms with Crippen LogP contribution in [0.5, 0.6) is 0 Å². The van der Waals surface area contributed by atoms with Crippen LogP contribution in [0, 0.1) is 0 Å². The van der Waals surface area contributed by atoms with Crippen molar-refractivity contribution in [2.45, 2.75) is 18.6 Å². The third kappa shape index (κ3) is 4.68. The van der Waals surface area contributed by atoms with E-state index in [1.807, 2.05) is 23.1 Å². The van der Waals surface area contributed by atoms with Gasteiger partial charge in [0.2, 0.25) is 11.8 Å². The van der Waals surface area contributed by atoms with E-state index in [1.165, 1.54) is 12.1 Å². The van der Waals surface area contributed by atoms with Crippen LogP contribution in [0.15, 0.2) is 48.5 Å². The highest BCUT2D eigenvalue weighted by molar-refractivity contribution is 6.33. The van der Waals surface area contributed by atoms with Gasteiger partial charge in [-0.05, 0) is 24.3 Å². The molecule has 0 spiro atoms. The number of para-hydroxylation sites is 3. The molecule has 6 nitrogen and oxygen atoms in total. The maximum atomic E-state index is 13.8. The fourth-order valence-electron chi connectivity index (χ4n) is 4.12. The summed E-state index contributed by atoms with van der Waals surface area (Å²) in [7, 11) is 0. The zero-order chi connectivity index (χ0) is 22.9. The van der Waals surface area contributed by atoms with E-state index in [-0.39, 0.29) is 17.9 Å². The number of amides is 2. The predicted molar refractivity (Wildman–Crippen MR) is 117 cm³/mol. The molecule has 2 amide bonds. The Morgan fingerprint density at radius 1 is 1.00 bits per heavy atom. The number of carbonyl (C=O) groups is 2. The van der Waals surface area contributed by atoms with Gasteiger partial charge in [0.1, 0.15) is 6.04 Å². The van der Waals surface area contributed by atoms with Gasteiger partial charge in [0, 0.05) is 26.2 Å². The van der Waals surface area contributed by atoms with Gasteiger partial charge in [-0.15, -0.1) is 0 Å². The number of fused-ring (bicyclic) bond motifs is 1. The lowest BCUT2D eigenvalue weighted by molar-refractivity contribution is -0.158. The second-order valence-corrected chi connectivity index (χ2v) is 8.21. The van der Waals surface area contributed by atoms with Crippen molar-refractivity contribution >= 4 is 40.5 Å². The van der Waals surface area contributed by atoms with E-state index >= 15 is 0 Å². The summed E-state index contributed by atoms with van der Waals surface area (Å²) in [5.41, 5.74) is 1.14. The molecule has 1 atom stereocenters. The van der Waals surface area contributed by atoms with Crippen LogP contribution in [0.1, 0.15) is 6.42 Å². The first-order valence-electron chi connectivity index (χ1n) is 10.2. The molecule has 2 aromatic rings. The Morgan fingerprint density at radius 2 is 1.62 bits per heavy atom. The minimum absolute atomic E-state index is 0.0559. The van der Waals surface area contributed by atoms with E-state index in [0.29, 0.717) is 31.2 Å². The Labute approximate surface area is 188 Å². The van der Waals surface area contributed by atoms with Crippen LogP contribution in [0.25, 0.3) is 0 Å². The van der Waals surface area contributed by atoms with Gasteiger partial charge in [-0.25, -0.2) is 0 Å². The highest BCUT2D eigenvalue weighted by atomic mass is 35.5. The van der Waals surface area contributed by atoms with E-state index in [4.69, 9.17) is 11.6 Å². The maximum absolute atomic E-state index is 13.8. The predicted octanol–water partition coefficient (Wildman–Crippen LogP) is 3.77. The number of rotatable bonds is 3. The summed E-state index contributed by atoms with van der Waals surface area (Å²) in [6.07, 6.45) is -5.59. The third-order valence-corrected chi connectivity index (χ3v) is 6.02. The summed E-state index contributed by atoms with van der Waals surface area (Å²) in [6, 6.07) is 11.3. The molecule has 0 aliphatic carbocycles. The number of nitrogens with zero attached hydrogens (tertiary/aromatic N) is 3. The molecule has 1 fully saturated rings. The number of anilines is 3. The van der Waals surface area contributed by atoms with Gasteiger partial charge in [-0.1, -0.05) is 35.9 Å². The molecule has 1 N–H and O–H groups in total. The SMILES string of the molecule is O=C1CC(C(F)(F)F)N(C(=O)CN2CCN(c3ccccc3Cl)CC2)c2ccccc2N1. The van der Waals surface area contributed by atoms with Crippen molar-refractivity contribution < 1.29 is 22.8 Å². The average Bonchev–Trinajstić information content (AvgIpc) is 2.90. The van der Waals surface area contributed by atoms with Gasteiger partial charge >= 0.3 is 6.18 Å². The molecule has 1 saturated heterocycles. The number of carbonyl (C=O) groups excluding carboxylic acids is 2. The average molecular weight is 467 g/mol. The topological polar surface area (TPSA) is 55.9 Å². The molecule has 0 radical (unpaired) electrons. The first kappa shape index (κ1) is 22.4. The summed E-state index contributed by atoms with van der Waals surface area (Å²) in [6.45, 7) is 2.01. The number of alkyl halides is 3. The Hall–Kier alpha value is -2.78. The molecular weight excluding hydrogens is 445 g/mol. The summed E-state index contributed by atoms with van der Waals surface area (Å²) in [4.78, 5) is 29.9. The molecule has 4 rings (SSSR count). The highest BCUT2D eigenvalue weighted by Crippen LogP contribution is 2.37. The van der Waals surface area contributed by atoms with Crippen molar-refractivity contribution in [3.63, 3.8) is 0 Å². The summed E-state index contributed by atoms with van der Waals surface area (Å²) in [5.74, 6) is -1.47. The van der Waals surface area contributed by atoms with E-state index in [2.05, 4.69) is 10.2 Å². The van der Waals surface area contributed by atoms with Crippen LogP contribution in [-0.4, -0.2) is 61.7 Å². The van der Waals surface area contributed by atoms with Crippen LogP contribution in [0.3, 0.4) is 0 Å². The van der Waals surface area contributed by atoms with Crippen LogP contribution >= 0.6 is 11.6 Å². The molecule has 0 aromatic heterocycles. The summed E-state index contributed by atoms with van der Waals surface area (Å²) in [5, 5.41) is 3.10. The van der Waals surface area contributed by atoms with Gasteiger partial charge in [0.15, 0.2) is 0 Å². The van der Waals surface area contributed by atoms with Crippen molar-refractivity contribution in [1.82, 2.24) is 4.90 Å². The summed E-state index contributed by atoms with van der Waals surface area (Å²) < 4.78 is 41.5. The van der Waals surface area contributed by atoms with Gasteiger partial charge in [-0.3, -0.25) is 19.4 Å². The molecule has 2 heterocycles. The molecule has 2 aliphatic rings. The first-order valence-corrected chi connectivity index (χ1v) is 10.6. The second kappa shape index (κ2) is 8.99. The van der Waals surface area contributed by atoms with Gasteiger partial charge < -0.3 is 10.2 Å². The van der Waals surface area contributed by atoms with Crippen LogP contribution < -0.4 is 15.1 Å². The molecule has 32 heavy (non-hydrogen) atoms. The van der Waals surface area contributed by atoms with Crippen LogP contribution in [-0.2, 0) is 9.59 Å². The minimum Gasteiger partial charge on any atom is -0.368 e. The third-order valence-electron chi connectivity index (χ3n) is 5.70. The first-order chi connectivity index (χ1) is 15.2. The molecule has 0 bridgehead atoms. The maximum Gasteiger partial charge on any atom is 0.409 e. The Kier molecular flexibility index (Phi) is 6.30. The fourth-order valence-corrected chi connectivity index (χ4v) is 4.37. The van der Waals surface area contributed by atoms with Gasteiger partial charge in [0.05, 0.1) is 35.1 Å². The van der Waals surface area contributed by atoms with Crippen LogP contribution in [0.2, 0.25) is 5.02 Å². The quantitative estimate of drug-likeness (QED) is 0.748. The van der Waals surface area contributed by atoms with E-state index < -0.39 is 30.5 Å². The van der Waals surface area contributed by atoms with Crippen molar-refractivity contribution in [2.24, 2.45) is 0 Å². The lowest BCUT2D eigenvalue weighted by Gasteiger charge is -2.38. The second-order valence-electron chi connectivity index (χ2n) is 7.81. The molecular formula is C22H22ClF3N4O2. The molecule has 2 aliphatic heterocycles. The number of hydrogen-bond acceptors (Lipinski definition) is 4. The molecule has 170 valence electrons. The molecule has 1 unspecified atom stereocenters. The zero-order valence-corrected chi connectivity index (χ0v) is 17.9. The van der Waals surface area contributed by atoms with E-state index in [0.717, 1.165) is 10.6 Å². The molecule has 2 aromatic carbocycles. The van der Waals surface area contributed by atoms with Crippen molar-refractivity contribution in [3.8, 4) is 0 Å².